The maximum absolute atomic E-state index is 16.2. The van der Waals surface area contributed by atoms with E-state index in [1.54, 1.807) is 18.2 Å². The van der Waals surface area contributed by atoms with E-state index in [1.807, 2.05) is 13.8 Å². The lowest BCUT2D eigenvalue weighted by Gasteiger charge is -2.09. The van der Waals surface area contributed by atoms with E-state index in [0.717, 1.165) is 6.26 Å². The highest BCUT2D eigenvalue weighted by molar-refractivity contribution is 7.88. The van der Waals surface area contributed by atoms with Crippen molar-refractivity contribution in [3.63, 3.8) is 0 Å². The number of imidazole rings is 1. The number of carbonyl (C=O) groups is 1. The van der Waals surface area contributed by atoms with Crippen molar-refractivity contribution < 1.29 is 22.0 Å². The van der Waals surface area contributed by atoms with Gasteiger partial charge in [-0.1, -0.05) is 13.8 Å². The predicted molar refractivity (Wildman–Crippen MR) is 165 cm³/mol. The van der Waals surface area contributed by atoms with Crippen molar-refractivity contribution in [2.75, 3.05) is 11.6 Å². The molecule has 6 rings (SSSR count). The molecule has 0 fully saturated rings. The predicted octanol–water partition coefficient (Wildman–Crippen LogP) is 4.94. The minimum atomic E-state index is -3.49. The Kier molecular flexibility index (Phi) is 7.80. The monoisotopic (exact) mass is 631 g/mol. The fraction of sp³-hybridized carbons (Fsp3) is 0.200. The number of aromatic amines is 2. The second kappa shape index (κ2) is 11.7. The molecule has 0 radical (unpaired) electrons. The highest BCUT2D eigenvalue weighted by atomic mass is 32.2. The summed E-state index contributed by atoms with van der Waals surface area (Å²) in [6, 6.07) is 7.40. The SMILES string of the molecule is CC(C)CC(=O)Nc1cncc(-c2cnc3[nH]nc(-c4nc5c(-c6cc(F)cc(CNS(C)(=O)=O)c6)nccc5[nH]4)c3c2F)c1. The minimum Gasteiger partial charge on any atom is -0.336 e. The molecule has 0 unspecified atom stereocenters. The highest BCUT2D eigenvalue weighted by Crippen LogP contribution is 2.34. The Labute approximate surface area is 255 Å². The largest absolute Gasteiger partial charge is 0.336 e. The van der Waals surface area contributed by atoms with Crippen LogP contribution in [0.25, 0.3) is 56.0 Å². The molecule has 0 saturated carbocycles. The first kappa shape index (κ1) is 29.9. The number of nitrogens with zero attached hydrogens (tertiary/aromatic N) is 5. The molecule has 0 atom stereocenters. The van der Waals surface area contributed by atoms with Crippen molar-refractivity contribution in [2.24, 2.45) is 5.92 Å². The number of nitrogens with one attached hydrogen (secondary N) is 4. The summed E-state index contributed by atoms with van der Waals surface area (Å²) in [5, 5.41) is 9.89. The molecule has 0 aliphatic rings. The molecule has 0 aliphatic heterocycles. The minimum absolute atomic E-state index is 0.0789. The van der Waals surface area contributed by atoms with Gasteiger partial charge in [-0.15, -0.1) is 0 Å². The average molecular weight is 632 g/mol. The van der Waals surface area contributed by atoms with Gasteiger partial charge in [0.25, 0.3) is 0 Å². The van der Waals surface area contributed by atoms with Crippen LogP contribution in [-0.4, -0.2) is 55.7 Å². The third-order valence-electron chi connectivity index (χ3n) is 6.85. The number of hydrogen-bond donors (Lipinski definition) is 4. The zero-order valence-electron chi connectivity index (χ0n) is 24.3. The number of fused-ring (bicyclic) bond motifs is 2. The molecular weight excluding hydrogens is 604 g/mol. The Morgan fingerprint density at radius 3 is 2.62 bits per heavy atom. The van der Waals surface area contributed by atoms with E-state index in [-0.39, 0.29) is 46.5 Å². The zero-order chi connectivity index (χ0) is 31.9. The van der Waals surface area contributed by atoms with E-state index in [9.17, 15) is 17.6 Å². The molecule has 230 valence electrons. The Bertz CT molecular complexity index is 2200. The number of amides is 1. The summed E-state index contributed by atoms with van der Waals surface area (Å²) in [5.74, 6) is -0.988. The van der Waals surface area contributed by atoms with Gasteiger partial charge in [-0.2, -0.15) is 5.10 Å². The maximum Gasteiger partial charge on any atom is 0.224 e. The fourth-order valence-electron chi connectivity index (χ4n) is 4.93. The third-order valence-corrected chi connectivity index (χ3v) is 7.52. The molecule has 5 heterocycles. The Morgan fingerprint density at radius 1 is 1.02 bits per heavy atom. The van der Waals surface area contributed by atoms with Crippen LogP contribution in [0.15, 0.2) is 55.1 Å². The first-order valence-electron chi connectivity index (χ1n) is 13.8. The zero-order valence-corrected chi connectivity index (χ0v) is 25.1. The van der Waals surface area contributed by atoms with Crippen LogP contribution in [-0.2, 0) is 21.4 Å². The lowest BCUT2D eigenvalue weighted by molar-refractivity contribution is -0.116. The molecule has 5 aromatic heterocycles. The normalized spacial score (nSPS) is 12.0. The van der Waals surface area contributed by atoms with Crippen LogP contribution in [0.5, 0.6) is 0 Å². The van der Waals surface area contributed by atoms with Crippen molar-refractivity contribution in [1.29, 1.82) is 0 Å². The van der Waals surface area contributed by atoms with Crippen LogP contribution >= 0.6 is 0 Å². The molecule has 45 heavy (non-hydrogen) atoms. The number of benzene rings is 1. The average Bonchev–Trinajstić information content (AvgIpc) is 3.60. The molecule has 0 bridgehead atoms. The molecule has 1 aromatic carbocycles. The Morgan fingerprint density at radius 2 is 1.84 bits per heavy atom. The Balaban J connectivity index is 1.39. The van der Waals surface area contributed by atoms with Crippen LogP contribution in [0.1, 0.15) is 25.8 Å². The van der Waals surface area contributed by atoms with Crippen molar-refractivity contribution in [3.05, 3.63) is 72.3 Å². The lowest BCUT2D eigenvalue weighted by atomic mass is 10.1. The molecule has 0 spiro atoms. The van der Waals surface area contributed by atoms with E-state index < -0.39 is 21.7 Å². The standard InChI is InChI=1S/C30H27F2N9O3S/c1-15(2)6-23(42)37-20-10-18(12-33-13-20)21-14-35-29-24(25(21)32)28(40-41-29)30-38-22-4-5-34-26(27(22)39-30)17-7-16(8-19(31)9-17)11-36-45(3,43)44/h4-5,7-10,12-15,36H,6,11H2,1-3H3,(H,37,42)(H,38,39)(H,35,40,41). The number of sulfonamides is 1. The van der Waals surface area contributed by atoms with Crippen molar-refractivity contribution in [2.45, 2.75) is 26.8 Å². The van der Waals surface area contributed by atoms with Crippen molar-refractivity contribution in [3.8, 4) is 33.9 Å². The van der Waals surface area contributed by atoms with Gasteiger partial charge in [-0.25, -0.2) is 31.9 Å². The van der Waals surface area contributed by atoms with E-state index >= 15 is 4.39 Å². The van der Waals surface area contributed by atoms with Gasteiger partial charge in [-0.3, -0.25) is 19.9 Å². The van der Waals surface area contributed by atoms with E-state index in [1.165, 1.54) is 36.9 Å². The number of carbonyl (C=O) groups excluding carboxylic acids is 1. The quantitative estimate of drug-likeness (QED) is 0.174. The van der Waals surface area contributed by atoms with Gasteiger partial charge in [0.1, 0.15) is 22.8 Å². The molecule has 6 aromatic rings. The molecule has 15 heteroatoms. The van der Waals surface area contributed by atoms with E-state index in [0.29, 0.717) is 45.5 Å². The maximum atomic E-state index is 16.2. The van der Waals surface area contributed by atoms with Gasteiger partial charge >= 0.3 is 0 Å². The summed E-state index contributed by atoms with van der Waals surface area (Å²) >= 11 is 0. The summed E-state index contributed by atoms with van der Waals surface area (Å²) in [4.78, 5) is 33.0. The van der Waals surface area contributed by atoms with Crippen LogP contribution in [0.3, 0.4) is 0 Å². The van der Waals surface area contributed by atoms with Gasteiger partial charge in [0.05, 0.1) is 34.7 Å². The summed E-state index contributed by atoms with van der Waals surface area (Å²) in [6.45, 7) is 3.76. The topological polar surface area (TPSA) is 171 Å². The number of hydrogen-bond acceptors (Lipinski definition) is 8. The van der Waals surface area contributed by atoms with Gasteiger partial charge < -0.3 is 10.3 Å². The molecular formula is C30H27F2N9O3S. The van der Waals surface area contributed by atoms with Gasteiger partial charge in [0, 0.05) is 48.2 Å². The van der Waals surface area contributed by atoms with Crippen LogP contribution in [0.2, 0.25) is 0 Å². The van der Waals surface area contributed by atoms with Crippen molar-refractivity contribution in [1.82, 2.24) is 39.8 Å². The summed E-state index contributed by atoms with van der Waals surface area (Å²) in [6.07, 6.45) is 7.18. The van der Waals surface area contributed by atoms with Crippen LogP contribution < -0.4 is 10.0 Å². The van der Waals surface area contributed by atoms with E-state index in [2.05, 4.69) is 45.2 Å². The second-order valence-corrected chi connectivity index (χ2v) is 12.8. The van der Waals surface area contributed by atoms with Gasteiger partial charge in [-0.05, 0) is 41.8 Å². The third kappa shape index (κ3) is 6.39. The van der Waals surface area contributed by atoms with Gasteiger partial charge in [0.15, 0.2) is 11.5 Å². The number of halogens is 2. The van der Waals surface area contributed by atoms with Gasteiger partial charge in [0.2, 0.25) is 15.9 Å². The molecule has 12 nitrogen and oxygen atoms in total. The Hall–Kier alpha value is -5.15. The molecule has 0 saturated heterocycles. The first-order chi connectivity index (χ1) is 21.4. The van der Waals surface area contributed by atoms with E-state index in [4.69, 9.17) is 0 Å². The number of anilines is 1. The fourth-order valence-corrected chi connectivity index (χ4v) is 5.36. The number of pyridine rings is 3. The smallest absolute Gasteiger partial charge is 0.224 e. The number of rotatable bonds is 9. The highest BCUT2D eigenvalue weighted by Gasteiger charge is 2.22. The molecule has 0 aliphatic carbocycles. The first-order valence-corrected chi connectivity index (χ1v) is 15.7. The second-order valence-electron chi connectivity index (χ2n) is 11.0. The summed E-state index contributed by atoms with van der Waals surface area (Å²) < 4.78 is 56.2. The summed E-state index contributed by atoms with van der Waals surface area (Å²) in [5.41, 5.74) is 3.32. The molecule has 4 N–H and O–H groups in total. The number of H-pyrrole nitrogens is 2. The van der Waals surface area contributed by atoms with Crippen LogP contribution in [0, 0.1) is 17.6 Å². The molecule has 1 amide bonds. The summed E-state index contributed by atoms with van der Waals surface area (Å²) in [7, 11) is -3.49. The number of aromatic nitrogens is 7. The van der Waals surface area contributed by atoms with Crippen LogP contribution in [0.4, 0.5) is 14.5 Å². The lowest BCUT2D eigenvalue weighted by Crippen LogP contribution is -2.21. The van der Waals surface area contributed by atoms with Crippen molar-refractivity contribution >= 4 is 43.7 Å².